The first kappa shape index (κ1) is 14.1. The Morgan fingerprint density at radius 1 is 1.63 bits per heavy atom. The number of piperidine rings is 1. The maximum absolute atomic E-state index is 11.9. The summed E-state index contributed by atoms with van der Waals surface area (Å²) in [6.07, 6.45) is 2.03. The summed E-state index contributed by atoms with van der Waals surface area (Å²) in [5, 5.41) is 13.0. The second kappa shape index (κ2) is 6.21. The number of hydrogen-bond donors (Lipinski definition) is 2. The third-order valence-electron chi connectivity index (χ3n) is 3.44. The van der Waals surface area contributed by atoms with Gasteiger partial charge in [0.2, 0.25) is 0 Å². The summed E-state index contributed by atoms with van der Waals surface area (Å²) in [6.45, 7) is 3.49. The van der Waals surface area contributed by atoms with Crippen LogP contribution >= 0.6 is 11.6 Å². The molecule has 0 radical (unpaired) electrons. The van der Waals surface area contributed by atoms with Crippen LogP contribution in [0, 0.1) is 5.92 Å². The van der Waals surface area contributed by atoms with E-state index in [-0.39, 0.29) is 11.9 Å². The van der Waals surface area contributed by atoms with Gasteiger partial charge in [-0.1, -0.05) is 24.6 Å². The average Bonchev–Trinajstić information content (AvgIpc) is 2.41. The molecule has 5 nitrogen and oxygen atoms in total. The molecule has 0 aliphatic carbocycles. The van der Waals surface area contributed by atoms with E-state index in [0.717, 1.165) is 12.0 Å². The lowest BCUT2D eigenvalue weighted by Gasteiger charge is -2.34. The Kier molecular flexibility index (Phi) is 4.61. The molecule has 2 amide bonds. The minimum Gasteiger partial charge on any atom is -0.391 e. The van der Waals surface area contributed by atoms with E-state index < -0.39 is 6.10 Å². The molecule has 0 saturated carbocycles. The number of pyridine rings is 1. The van der Waals surface area contributed by atoms with Crippen molar-refractivity contribution in [2.75, 3.05) is 13.1 Å². The average molecular weight is 284 g/mol. The zero-order valence-electron chi connectivity index (χ0n) is 10.8. The molecule has 1 fully saturated rings. The first-order valence-electron chi connectivity index (χ1n) is 6.37. The summed E-state index contributed by atoms with van der Waals surface area (Å²) >= 11 is 5.69. The Morgan fingerprint density at radius 3 is 3.05 bits per heavy atom. The lowest BCUT2D eigenvalue weighted by Crippen LogP contribution is -2.49. The molecule has 1 aliphatic heterocycles. The van der Waals surface area contributed by atoms with Gasteiger partial charge in [0.15, 0.2) is 0 Å². The minimum absolute atomic E-state index is 0.152. The van der Waals surface area contributed by atoms with Gasteiger partial charge in [0, 0.05) is 25.8 Å². The molecule has 2 rings (SSSR count). The number of urea groups is 1. The molecule has 6 heteroatoms. The molecule has 1 aromatic rings. The number of aromatic nitrogens is 1. The number of carbonyl (C=O) groups excluding carboxylic acids is 1. The largest absolute Gasteiger partial charge is 0.391 e. The minimum atomic E-state index is -0.434. The van der Waals surface area contributed by atoms with Gasteiger partial charge in [-0.25, -0.2) is 9.78 Å². The van der Waals surface area contributed by atoms with Crippen molar-refractivity contribution in [1.82, 2.24) is 15.2 Å². The lowest BCUT2D eigenvalue weighted by atomic mass is 9.96. The zero-order chi connectivity index (χ0) is 13.8. The summed E-state index contributed by atoms with van der Waals surface area (Å²) in [4.78, 5) is 17.5. The van der Waals surface area contributed by atoms with E-state index in [0.29, 0.717) is 24.8 Å². The van der Waals surface area contributed by atoms with Crippen molar-refractivity contribution in [3.8, 4) is 0 Å². The predicted molar refractivity (Wildman–Crippen MR) is 72.8 cm³/mol. The number of carbonyl (C=O) groups is 1. The van der Waals surface area contributed by atoms with Crippen LogP contribution in [0.15, 0.2) is 18.3 Å². The van der Waals surface area contributed by atoms with Crippen molar-refractivity contribution in [3.63, 3.8) is 0 Å². The molecule has 0 bridgehead atoms. The number of rotatable bonds is 2. The monoisotopic (exact) mass is 283 g/mol. The second-order valence-corrected chi connectivity index (χ2v) is 5.31. The second-order valence-electron chi connectivity index (χ2n) is 4.93. The number of likely N-dealkylation sites (tertiary alicyclic amines) is 1. The van der Waals surface area contributed by atoms with Gasteiger partial charge in [0.05, 0.1) is 6.10 Å². The lowest BCUT2D eigenvalue weighted by molar-refractivity contribution is 0.0435. The number of hydrogen-bond acceptors (Lipinski definition) is 3. The van der Waals surface area contributed by atoms with Crippen molar-refractivity contribution in [2.24, 2.45) is 5.92 Å². The highest BCUT2D eigenvalue weighted by molar-refractivity contribution is 6.29. The Labute approximate surface area is 117 Å². The number of aliphatic hydroxyl groups excluding tert-OH is 1. The van der Waals surface area contributed by atoms with Gasteiger partial charge in [0.25, 0.3) is 0 Å². The van der Waals surface area contributed by atoms with E-state index in [9.17, 15) is 9.90 Å². The van der Waals surface area contributed by atoms with Crippen molar-refractivity contribution >= 4 is 17.6 Å². The van der Waals surface area contributed by atoms with Gasteiger partial charge in [-0.2, -0.15) is 0 Å². The van der Waals surface area contributed by atoms with Gasteiger partial charge in [-0.15, -0.1) is 0 Å². The SMILES string of the molecule is CC1CCN(C(=O)NCc2ccc(Cl)nc2)CC1O. The molecule has 1 aromatic heterocycles. The van der Waals surface area contributed by atoms with Gasteiger partial charge >= 0.3 is 6.03 Å². The standard InChI is InChI=1S/C13H18ClN3O2/c1-9-4-5-17(8-11(9)18)13(19)16-7-10-2-3-12(14)15-6-10/h2-3,6,9,11,18H,4-5,7-8H2,1H3,(H,16,19). The molecule has 0 aromatic carbocycles. The number of β-amino-alcohol motifs (C(OH)–C–C–N with tert-alkyl or cyclic N) is 1. The maximum Gasteiger partial charge on any atom is 0.317 e. The normalized spacial score (nSPS) is 23.2. The molecule has 1 saturated heterocycles. The predicted octanol–water partition coefficient (Wildman–Crippen LogP) is 1.65. The number of nitrogens with zero attached hydrogens (tertiary/aromatic N) is 2. The summed E-state index contributed by atoms with van der Waals surface area (Å²) in [7, 11) is 0. The fourth-order valence-corrected chi connectivity index (χ4v) is 2.15. The van der Waals surface area contributed by atoms with E-state index in [1.807, 2.05) is 13.0 Å². The van der Waals surface area contributed by atoms with Crippen molar-refractivity contribution in [1.29, 1.82) is 0 Å². The van der Waals surface area contributed by atoms with E-state index in [1.165, 1.54) is 0 Å². The van der Waals surface area contributed by atoms with Crippen LogP contribution in [-0.2, 0) is 6.54 Å². The fourth-order valence-electron chi connectivity index (χ4n) is 2.03. The number of nitrogens with one attached hydrogen (secondary N) is 1. The topological polar surface area (TPSA) is 65.5 Å². The van der Waals surface area contributed by atoms with Crippen molar-refractivity contribution in [3.05, 3.63) is 29.0 Å². The van der Waals surface area contributed by atoms with E-state index in [2.05, 4.69) is 10.3 Å². The van der Waals surface area contributed by atoms with E-state index in [4.69, 9.17) is 11.6 Å². The van der Waals surface area contributed by atoms with Crippen molar-refractivity contribution in [2.45, 2.75) is 26.0 Å². The van der Waals surface area contributed by atoms with E-state index in [1.54, 1.807) is 17.2 Å². The van der Waals surface area contributed by atoms with Crippen molar-refractivity contribution < 1.29 is 9.90 Å². The molecule has 2 heterocycles. The summed E-state index contributed by atoms with van der Waals surface area (Å²) in [6, 6.07) is 3.36. The van der Waals surface area contributed by atoms with Gasteiger partial charge in [-0.05, 0) is 24.0 Å². The quantitative estimate of drug-likeness (QED) is 0.811. The molecule has 1 aliphatic rings. The van der Waals surface area contributed by atoms with Crippen LogP contribution in [0.4, 0.5) is 4.79 Å². The number of amides is 2. The van der Waals surface area contributed by atoms with Crippen LogP contribution in [0.1, 0.15) is 18.9 Å². The zero-order valence-corrected chi connectivity index (χ0v) is 11.6. The van der Waals surface area contributed by atoms with Crippen LogP contribution in [-0.4, -0.2) is 40.2 Å². The number of halogens is 1. The van der Waals surface area contributed by atoms with Crippen LogP contribution in [0.3, 0.4) is 0 Å². The van der Waals surface area contributed by atoms with Gasteiger partial charge in [-0.3, -0.25) is 0 Å². The highest BCUT2D eigenvalue weighted by Crippen LogP contribution is 2.16. The number of aliphatic hydroxyl groups is 1. The third kappa shape index (κ3) is 3.81. The first-order chi connectivity index (χ1) is 9.06. The molecule has 19 heavy (non-hydrogen) atoms. The first-order valence-corrected chi connectivity index (χ1v) is 6.75. The molecule has 2 unspecified atom stereocenters. The highest BCUT2D eigenvalue weighted by atomic mass is 35.5. The molecule has 0 spiro atoms. The van der Waals surface area contributed by atoms with Crippen LogP contribution in [0.25, 0.3) is 0 Å². The van der Waals surface area contributed by atoms with E-state index >= 15 is 0 Å². The summed E-state index contributed by atoms with van der Waals surface area (Å²) in [5.41, 5.74) is 0.892. The maximum atomic E-state index is 11.9. The van der Waals surface area contributed by atoms with Crippen LogP contribution in [0.2, 0.25) is 5.15 Å². The Morgan fingerprint density at radius 2 is 2.42 bits per heavy atom. The van der Waals surface area contributed by atoms with Crippen LogP contribution < -0.4 is 5.32 Å². The molecule has 2 atom stereocenters. The smallest absolute Gasteiger partial charge is 0.317 e. The Balaban J connectivity index is 1.83. The van der Waals surface area contributed by atoms with Crippen LogP contribution in [0.5, 0.6) is 0 Å². The Bertz CT molecular complexity index is 438. The Hall–Kier alpha value is -1.33. The molecular formula is C13H18ClN3O2. The molecular weight excluding hydrogens is 266 g/mol. The fraction of sp³-hybridized carbons (Fsp3) is 0.538. The third-order valence-corrected chi connectivity index (χ3v) is 3.66. The molecule has 2 N–H and O–H groups in total. The summed E-state index contributed by atoms with van der Waals surface area (Å²) < 4.78 is 0. The van der Waals surface area contributed by atoms with Gasteiger partial charge < -0.3 is 15.3 Å². The van der Waals surface area contributed by atoms with Gasteiger partial charge in [0.1, 0.15) is 5.15 Å². The molecule has 104 valence electrons. The highest BCUT2D eigenvalue weighted by Gasteiger charge is 2.26. The summed E-state index contributed by atoms with van der Waals surface area (Å²) in [5.74, 6) is 0.254.